The van der Waals surface area contributed by atoms with Crippen molar-refractivity contribution in [1.29, 1.82) is 5.26 Å². The summed E-state index contributed by atoms with van der Waals surface area (Å²) < 4.78 is 39.8. The number of nitrogens with zero attached hydrogens (tertiary/aromatic N) is 6. The van der Waals surface area contributed by atoms with Crippen molar-refractivity contribution in [3.8, 4) is 17.3 Å². The van der Waals surface area contributed by atoms with Crippen LogP contribution in [0.25, 0.3) is 11.3 Å². The number of carbonyl (C=O) groups excluding carboxylic acids is 1. The van der Waals surface area contributed by atoms with E-state index < -0.39 is 41.3 Å². The Morgan fingerprint density at radius 1 is 1.12 bits per heavy atom. The van der Waals surface area contributed by atoms with Crippen LogP contribution >= 0.6 is 0 Å². The molecule has 0 fully saturated rings. The van der Waals surface area contributed by atoms with Crippen molar-refractivity contribution in [2.75, 3.05) is 23.4 Å². The first-order chi connectivity index (χ1) is 22.5. The second kappa shape index (κ2) is 13.9. The number of amides is 1. The van der Waals surface area contributed by atoms with Crippen molar-refractivity contribution in [3.05, 3.63) is 47.4 Å². The first-order valence-corrected chi connectivity index (χ1v) is 17.6. The number of ether oxygens (including phenoxy) is 1. The number of benzene rings is 1. The van der Waals surface area contributed by atoms with Crippen LogP contribution in [0, 0.1) is 11.3 Å². The Bertz CT molecular complexity index is 1700. The summed E-state index contributed by atoms with van der Waals surface area (Å²) in [5, 5.41) is 17.9. The second-order valence-electron chi connectivity index (χ2n) is 16.0. The second-order valence-corrected chi connectivity index (χ2v) is 19.2. The van der Waals surface area contributed by atoms with Gasteiger partial charge in [0.15, 0.2) is 20.7 Å². The molecule has 1 N–H and O–H groups in total. The molecule has 0 saturated carbocycles. The summed E-state index contributed by atoms with van der Waals surface area (Å²) in [4.78, 5) is 24.3. The summed E-state index contributed by atoms with van der Waals surface area (Å²) in [6.45, 7) is 24.4. The van der Waals surface area contributed by atoms with Gasteiger partial charge in [-0.2, -0.15) is 14.5 Å². The van der Waals surface area contributed by atoms with E-state index in [2.05, 4.69) is 63.0 Å². The van der Waals surface area contributed by atoms with Crippen molar-refractivity contribution in [1.82, 2.24) is 19.7 Å². The third-order valence-corrected chi connectivity index (χ3v) is 10.3. The van der Waals surface area contributed by atoms with Gasteiger partial charge in [0.25, 0.3) is 6.43 Å². The number of anilines is 3. The molecule has 2 aromatic heterocycles. The van der Waals surface area contributed by atoms with Gasteiger partial charge in [0.05, 0.1) is 28.3 Å². The summed E-state index contributed by atoms with van der Waals surface area (Å²) in [6, 6.07) is 7.72. The van der Waals surface area contributed by atoms with Gasteiger partial charge in [-0.3, -0.25) is 9.58 Å². The molecule has 0 aliphatic carbocycles. The van der Waals surface area contributed by atoms with E-state index in [1.165, 1.54) is 10.9 Å². The minimum Gasteiger partial charge on any atom is -0.443 e. The number of nitriles is 1. The van der Waals surface area contributed by atoms with Gasteiger partial charge in [-0.1, -0.05) is 20.8 Å². The van der Waals surface area contributed by atoms with Crippen molar-refractivity contribution in [2.45, 2.75) is 122 Å². The number of fused-ring (bicyclic) bond motifs is 1. The van der Waals surface area contributed by atoms with Gasteiger partial charge in [-0.05, 0) is 92.0 Å². The molecule has 49 heavy (non-hydrogen) atoms. The number of rotatable bonds is 9. The van der Waals surface area contributed by atoms with E-state index in [0.717, 1.165) is 5.56 Å². The molecular weight excluding hydrogens is 649 g/mol. The van der Waals surface area contributed by atoms with Gasteiger partial charge < -0.3 is 10.1 Å². The van der Waals surface area contributed by atoms with Crippen molar-refractivity contribution >= 4 is 34.6 Å². The van der Waals surface area contributed by atoms with Crippen LogP contribution in [0.3, 0.4) is 0 Å². The van der Waals surface area contributed by atoms with Crippen LogP contribution in [0.4, 0.5) is 30.9 Å². The topological polar surface area (TPSA) is 118 Å². The normalized spacial score (nSPS) is 16.8. The largest absolute Gasteiger partial charge is 0.443 e. The van der Waals surface area contributed by atoms with Crippen LogP contribution in [0.1, 0.15) is 106 Å². The molecule has 266 valence electrons. The van der Waals surface area contributed by atoms with Gasteiger partial charge in [0, 0.05) is 29.9 Å². The molecule has 3 heterocycles. The van der Waals surface area contributed by atoms with E-state index in [0.29, 0.717) is 40.5 Å². The Morgan fingerprint density at radius 3 is 2.33 bits per heavy atom. The van der Waals surface area contributed by atoms with Crippen molar-refractivity contribution < 1.29 is 22.5 Å². The summed E-state index contributed by atoms with van der Waals surface area (Å²) in [5.74, 6) is 0.208. The first kappa shape index (κ1) is 38.0. The van der Waals surface area contributed by atoms with Gasteiger partial charge in [-0.15, -0.1) is 0 Å². The van der Waals surface area contributed by atoms with Gasteiger partial charge in [0.2, 0.25) is 5.95 Å². The summed E-state index contributed by atoms with van der Waals surface area (Å²) in [6.07, 6.45) is 0.0443. The number of nitrogens with one attached hydrogen (secondary N) is 1. The molecule has 10 nitrogen and oxygen atoms in total. The maximum Gasteiger partial charge on any atom is 0.414 e. The van der Waals surface area contributed by atoms with E-state index >= 15 is 0 Å². The Hall–Kier alpha value is -3.76. The standard InChI is InChI=1S/C36H50F2N7O3S/c1-22(2)29-27(18-44(43-29)19-28(37)38)42-31-40-14-13-26(41-31)23-15-24(17-39)30-25(16-23)36(12,20-45(30)32(46)48-33(3,4)5)21-47-49(34(6,7)8)35(9,10)11/h13-16,18,22,28H,19-21H2,1-12H3,(H,40,41,42)/q+1/t36-/m1/s1. The first-order valence-electron chi connectivity index (χ1n) is 16.5. The van der Waals surface area contributed by atoms with Gasteiger partial charge in [-0.25, -0.2) is 23.5 Å². The van der Waals surface area contributed by atoms with Crippen LogP contribution in [0.15, 0.2) is 30.6 Å². The number of hydrogen-bond donors (Lipinski definition) is 1. The Morgan fingerprint density at radius 2 is 1.78 bits per heavy atom. The molecule has 1 aliphatic rings. The van der Waals surface area contributed by atoms with Crippen LogP contribution in [0.5, 0.6) is 0 Å². The average Bonchev–Trinajstić information content (AvgIpc) is 3.48. The highest BCUT2D eigenvalue weighted by Crippen LogP contribution is 2.47. The van der Waals surface area contributed by atoms with E-state index in [9.17, 15) is 18.8 Å². The fourth-order valence-electron chi connectivity index (χ4n) is 6.08. The molecule has 0 saturated heterocycles. The molecule has 0 spiro atoms. The minimum atomic E-state index is -2.54. The summed E-state index contributed by atoms with van der Waals surface area (Å²) >= 11 is -0.451. The highest BCUT2D eigenvalue weighted by molar-refractivity contribution is 7.95. The monoisotopic (exact) mass is 698 g/mol. The van der Waals surface area contributed by atoms with Crippen LogP contribution in [0.2, 0.25) is 0 Å². The average molecular weight is 699 g/mol. The molecule has 13 heteroatoms. The number of halogens is 2. The Balaban J connectivity index is 1.79. The zero-order valence-corrected chi connectivity index (χ0v) is 31.6. The highest BCUT2D eigenvalue weighted by Gasteiger charge is 2.51. The van der Waals surface area contributed by atoms with E-state index in [1.54, 1.807) is 23.2 Å². The predicted octanol–water partition coefficient (Wildman–Crippen LogP) is 8.50. The number of carbonyl (C=O) groups is 1. The molecule has 3 aromatic rings. The number of hydrogen-bond acceptors (Lipinski definition) is 8. The lowest BCUT2D eigenvalue weighted by atomic mass is 9.83. The van der Waals surface area contributed by atoms with E-state index in [1.807, 2.05) is 47.6 Å². The van der Waals surface area contributed by atoms with Gasteiger partial charge >= 0.3 is 6.09 Å². The van der Waals surface area contributed by atoms with Crippen molar-refractivity contribution in [2.24, 2.45) is 0 Å². The fraction of sp³-hybridized carbons (Fsp3) is 0.583. The number of alkyl halides is 2. The molecular formula is C36H50F2N7O3S+. The summed E-state index contributed by atoms with van der Waals surface area (Å²) in [7, 11) is 0. The van der Waals surface area contributed by atoms with Crippen LogP contribution in [-0.4, -0.2) is 60.5 Å². The smallest absolute Gasteiger partial charge is 0.414 e. The molecule has 1 atom stereocenters. The maximum absolute atomic E-state index is 13.6. The minimum absolute atomic E-state index is 0.0379. The maximum atomic E-state index is 13.6. The molecule has 1 amide bonds. The molecule has 0 radical (unpaired) electrons. The highest BCUT2D eigenvalue weighted by atomic mass is 32.2. The van der Waals surface area contributed by atoms with E-state index in [-0.39, 0.29) is 27.9 Å². The Kier molecular flexibility index (Phi) is 10.8. The molecule has 4 rings (SSSR count). The lowest BCUT2D eigenvalue weighted by Crippen LogP contribution is -2.47. The van der Waals surface area contributed by atoms with Crippen LogP contribution in [-0.2, 0) is 32.1 Å². The fourth-order valence-corrected chi connectivity index (χ4v) is 9.01. The molecule has 1 aromatic carbocycles. The Labute approximate surface area is 292 Å². The van der Waals surface area contributed by atoms with Crippen LogP contribution < -0.4 is 10.2 Å². The summed E-state index contributed by atoms with van der Waals surface area (Å²) in [5.41, 5.74) is 2.49. The third kappa shape index (κ3) is 8.89. The SMILES string of the molecule is CC(C)c1nn(CC(F)F)cc1Nc1nccc(-c2cc(C#N)c3c(c2)[C@@](C)(CO[S+](C(C)(C)C)C(C)(C)C)CN3C(=O)OC(C)(C)C)n1. The predicted molar refractivity (Wildman–Crippen MR) is 192 cm³/mol. The quantitative estimate of drug-likeness (QED) is 0.221. The number of aromatic nitrogens is 4. The molecule has 0 bridgehead atoms. The zero-order valence-electron chi connectivity index (χ0n) is 30.7. The third-order valence-electron chi connectivity index (χ3n) is 7.74. The lowest BCUT2D eigenvalue weighted by Gasteiger charge is -2.32. The molecule has 1 aliphatic heterocycles. The zero-order chi connectivity index (χ0) is 36.7. The lowest BCUT2D eigenvalue weighted by molar-refractivity contribution is 0.0576. The van der Waals surface area contributed by atoms with Gasteiger partial charge in [0.1, 0.15) is 24.8 Å². The van der Waals surface area contributed by atoms with E-state index in [4.69, 9.17) is 13.9 Å². The van der Waals surface area contributed by atoms with Crippen molar-refractivity contribution in [3.63, 3.8) is 0 Å². The molecule has 0 unspecified atom stereocenters.